The summed E-state index contributed by atoms with van der Waals surface area (Å²) in [6.45, 7) is 0. The van der Waals surface area contributed by atoms with Crippen molar-refractivity contribution < 1.29 is 18.0 Å². The van der Waals surface area contributed by atoms with E-state index in [0.717, 1.165) is 12.1 Å². The Morgan fingerprint density at radius 2 is 1.83 bits per heavy atom. The van der Waals surface area contributed by atoms with E-state index in [1.807, 2.05) is 0 Å². The Bertz CT molecular complexity index is 1240. The van der Waals surface area contributed by atoms with Crippen LogP contribution in [-0.2, 0) is 6.18 Å². The molecule has 2 aromatic heterocycles. The summed E-state index contributed by atoms with van der Waals surface area (Å²) >= 11 is 5.91. The van der Waals surface area contributed by atoms with E-state index < -0.39 is 17.6 Å². The minimum atomic E-state index is -4.52. The molecule has 0 spiro atoms. The number of benzene rings is 2. The lowest BCUT2D eigenvalue weighted by atomic mass is 10.1. The molecule has 30 heavy (non-hydrogen) atoms. The van der Waals surface area contributed by atoms with E-state index in [0.29, 0.717) is 10.7 Å². The topological polar surface area (TPSA) is 50.5 Å². The van der Waals surface area contributed by atoms with Crippen molar-refractivity contribution in [3.05, 3.63) is 83.3 Å². The molecule has 0 atom stereocenters. The molecule has 0 aliphatic heterocycles. The summed E-state index contributed by atoms with van der Waals surface area (Å²) in [5.41, 5.74) is 0.136. The second-order valence-electron chi connectivity index (χ2n) is 6.52. The summed E-state index contributed by atoms with van der Waals surface area (Å²) in [5, 5.41) is 0.517. The van der Waals surface area contributed by atoms with Gasteiger partial charge < -0.3 is 4.90 Å². The Morgan fingerprint density at radius 1 is 1.10 bits per heavy atom. The number of hydrogen-bond donors (Lipinski definition) is 0. The number of rotatable bonds is 3. The van der Waals surface area contributed by atoms with Crippen LogP contribution in [0.4, 0.5) is 18.9 Å². The molecule has 0 bridgehead atoms. The molecule has 0 fully saturated rings. The quantitative estimate of drug-likeness (QED) is 0.440. The van der Waals surface area contributed by atoms with Crippen molar-refractivity contribution in [2.24, 2.45) is 0 Å². The summed E-state index contributed by atoms with van der Waals surface area (Å²) in [6.07, 6.45) is -1.43. The molecule has 0 aliphatic carbocycles. The zero-order valence-corrected chi connectivity index (χ0v) is 16.3. The number of carbonyl (C=O) groups excluding carboxylic acids is 1. The minimum absolute atomic E-state index is 0.106. The highest BCUT2D eigenvalue weighted by molar-refractivity contribution is 6.30. The van der Waals surface area contributed by atoms with Gasteiger partial charge in [-0.15, -0.1) is 0 Å². The first-order chi connectivity index (χ1) is 14.3. The fraction of sp³-hybridized carbons (Fsp3) is 0.0952. The number of imidazole rings is 1. The number of fused-ring (bicyclic) bond motifs is 1. The van der Waals surface area contributed by atoms with Gasteiger partial charge in [0.05, 0.1) is 5.56 Å². The molecule has 0 saturated carbocycles. The van der Waals surface area contributed by atoms with Crippen molar-refractivity contribution in [1.82, 2.24) is 14.4 Å². The molecule has 0 aliphatic rings. The second-order valence-corrected chi connectivity index (χ2v) is 6.95. The SMILES string of the molecule is CN(C(=O)c1c(-c2cccc(C(F)(F)F)c2)nc2ncccn12)c1ccc(Cl)cc1. The van der Waals surface area contributed by atoms with Crippen LogP contribution >= 0.6 is 11.6 Å². The largest absolute Gasteiger partial charge is 0.416 e. The maximum atomic E-state index is 13.4. The van der Waals surface area contributed by atoms with Crippen LogP contribution in [0.1, 0.15) is 16.1 Å². The highest BCUT2D eigenvalue weighted by Crippen LogP contribution is 2.33. The molecular formula is C21H14ClF3N4O. The van der Waals surface area contributed by atoms with Crippen molar-refractivity contribution in [2.75, 3.05) is 11.9 Å². The number of alkyl halides is 3. The fourth-order valence-electron chi connectivity index (χ4n) is 3.08. The van der Waals surface area contributed by atoms with E-state index in [1.165, 1.54) is 27.6 Å². The fourth-order valence-corrected chi connectivity index (χ4v) is 3.20. The maximum Gasteiger partial charge on any atom is 0.416 e. The summed E-state index contributed by atoms with van der Waals surface area (Å²) in [4.78, 5) is 23.2. The van der Waals surface area contributed by atoms with Gasteiger partial charge in [-0.2, -0.15) is 13.2 Å². The molecule has 2 aromatic carbocycles. The maximum absolute atomic E-state index is 13.4. The Morgan fingerprint density at radius 3 is 2.53 bits per heavy atom. The van der Waals surface area contributed by atoms with E-state index in [1.54, 1.807) is 43.6 Å². The van der Waals surface area contributed by atoms with Crippen LogP contribution in [0.25, 0.3) is 17.0 Å². The van der Waals surface area contributed by atoms with Crippen molar-refractivity contribution in [3.63, 3.8) is 0 Å². The lowest BCUT2D eigenvalue weighted by Gasteiger charge is -2.18. The number of anilines is 1. The number of nitrogens with zero attached hydrogens (tertiary/aromatic N) is 4. The minimum Gasteiger partial charge on any atom is -0.310 e. The number of amides is 1. The van der Waals surface area contributed by atoms with E-state index in [4.69, 9.17) is 11.6 Å². The zero-order valence-electron chi connectivity index (χ0n) is 15.6. The van der Waals surface area contributed by atoms with Crippen LogP contribution < -0.4 is 4.90 Å². The molecule has 4 rings (SSSR count). The summed E-state index contributed by atoms with van der Waals surface area (Å²) in [7, 11) is 1.57. The molecule has 5 nitrogen and oxygen atoms in total. The van der Waals surface area contributed by atoms with Crippen LogP contribution in [0.15, 0.2) is 67.0 Å². The number of hydrogen-bond acceptors (Lipinski definition) is 3. The van der Waals surface area contributed by atoms with Crippen LogP contribution in [0.3, 0.4) is 0 Å². The highest BCUT2D eigenvalue weighted by atomic mass is 35.5. The summed E-state index contributed by atoms with van der Waals surface area (Å²) < 4.78 is 41.1. The predicted molar refractivity (Wildman–Crippen MR) is 108 cm³/mol. The summed E-state index contributed by atoms with van der Waals surface area (Å²) in [6, 6.07) is 13.0. The van der Waals surface area contributed by atoms with Gasteiger partial charge in [0.15, 0.2) is 0 Å². The first-order valence-electron chi connectivity index (χ1n) is 8.80. The Kier molecular flexibility index (Phi) is 4.95. The molecule has 2 heterocycles. The van der Waals surface area contributed by atoms with E-state index in [-0.39, 0.29) is 22.7 Å². The molecular weight excluding hydrogens is 417 g/mol. The Balaban J connectivity index is 1.87. The number of halogens is 4. The third-order valence-corrected chi connectivity index (χ3v) is 4.84. The van der Waals surface area contributed by atoms with Crippen molar-refractivity contribution in [3.8, 4) is 11.3 Å². The van der Waals surface area contributed by atoms with Crippen LogP contribution in [0.5, 0.6) is 0 Å². The van der Waals surface area contributed by atoms with E-state index >= 15 is 0 Å². The average Bonchev–Trinajstić information content (AvgIpc) is 3.12. The number of carbonyl (C=O) groups is 1. The lowest BCUT2D eigenvalue weighted by molar-refractivity contribution is -0.137. The third-order valence-electron chi connectivity index (χ3n) is 4.59. The van der Waals surface area contributed by atoms with Crippen molar-refractivity contribution in [1.29, 1.82) is 0 Å². The van der Waals surface area contributed by atoms with E-state index in [9.17, 15) is 18.0 Å². The third kappa shape index (κ3) is 3.61. The Hall–Kier alpha value is -3.39. The lowest BCUT2D eigenvalue weighted by Crippen LogP contribution is -2.28. The zero-order chi connectivity index (χ0) is 21.5. The monoisotopic (exact) mass is 430 g/mol. The van der Waals surface area contributed by atoms with Gasteiger partial charge in [-0.1, -0.05) is 23.7 Å². The van der Waals surface area contributed by atoms with Gasteiger partial charge in [0.2, 0.25) is 5.78 Å². The van der Waals surface area contributed by atoms with Gasteiger partial charge in [0.25, 0.3) is 5.91 Å². The highest BCUT2D eigenvalue weighted by Gasteiger charge is 2.32. The first-order valence-corrected chi connectivity index (χ1v) is 9.18. The predicted octanol–water partition coefficient (Wildman–Crippen LogP) is 5.35. The molecule has 0 saturated heterocycles. The average molecular weight is 431 g/mol. The molecule has 152 valence electrons. The molecule has 0 radical (unpaired) electrons. The molecule has 0 unspecified atom stereocenters. The van der Waals surface area contributed by atoms with Gasteiger partial charge in [-0.25, -0.2) is 9.97 Å². The first kappa shape index (κ1) is 19.9. The van der Waals surface area contributed by atoms with Crippen molar-refractivity contribution in [2.45, 2.75) is 6.18 Å². The standard InChI is InChI=1S/C21H14ClF3N4O/c1-28(16-8-6-15(22)7-9-16)19(30)18-17(27-20-26-10-3-11-29(18)20)13-4-2-5-14(12-13)21(23,24)25/h2-12H,1H3. The normalized spacial score (nSPS) is 11.6. The van der Waals surface area contributed by atoms with Gasteiger partial charge in [-0.05, 0) is 42.5 Å². The molecule has 1 amide bonds. The van der Waals surface area contributed by atoms with Crippen molar-refractivity contribution >= 4 is 29.0 Å². The van der Waals surface area contributed by atoms with Gasteiger partial charge in [-0.3, -0.25) is 9.20 Å². The van der Waals surface area contributed by atoms with Gasteiger partial charge >= 0.3 is 6.18 Å². The van der Waals surface area contributed by atoms with Gasteiger partial charge in [0, 0.05) is 35.7 Å². The van der Waals surface area contributed by atoms with E-state index in [2.05, 4.69) is 9.97 Å². The molecule has 0 N–H and O–H groups in total. The Labute approximate surface area is 174 Å². The van der Waals surface area contributed by atoms with Crippen LogP contribution in [-0.4, -0.2) is 27.3 Å². The molecule has 9 heteroatoms. The summed E-state index contributed by atoms with van der Waals surface area (Å²) in [5.74, 6) is -0.247. The van der Waals surface area contributed by atoms with Crippen LogP contribution in [0, 0.1) is 0 Å². The smallest absolute Gasteiger partial charge is 0.310 e. The second kappa shape index (κ2) is 7.46. The van der Waals surface area contributed by atoms with Gasteiger partial charge in [0.1, 0.15) is 11.4 Å². The van der Waals surface area contributed by atoms with Crippen LogP contribution in [0.2, 0.25) is 5.02 Å². The molecule has 4 aromatic rings. The number of aromatic nitrogens is 3.